The lowest BCUT2D eigenvalue weighted by molar-refractivity contribution is -0.137. The summed E-state index contributed by atoms with van der Waals surface area (Å²) in [5.41, 5.74) is 0.0467. The Labute approximate surface area is 117 Å². The second kappa shape index (κ2) is 6.50. The van der Waals surface area contributed by atoms with Crippen molar-refractivity contribution in [3.63, 3.8) is 0 Å². The number of amides is 1. The van der Waals surface area contributed by atoms with Gasteiger partial charge in [-0.05, 0) is 25.0 Å². The van der Waals surface area contributed by atoms with Crippen LogP contribution in [0.1, 0.15) is 32.1 Å². The highest BCUT2D eigenvalue weighted by atomic mass is 19.1. The molecule has 2 rings (SSSR count). The maximum absolute atomic E-state index is 13.8. The van der Waals surface area contributed by atoms with Crippen LogP contribution in [-0.2, 0) is 9.59 Å². The molecule has 0 aromatic heterocycles. The molecule has 20 heavy (non-hydrogen) atoms. The van der Waals surface area contributed by atoms with E-state index in [2.05, 4.69) is 0 Å². The number of halogens is 1. The molecule has 0 spiro atoms. The topological polar surface area (TPSA) is 57.6 Å². The second-order valence-electron chi connectivity index (χ2n) is 5.10. The Hall–Kier alpha value is -1.91. The fourth-order valence-electron chi connectivity index (χ4n) is 2.66. The average Bonchev–Trinajstić information content (AvgIpc) is 2.46. The fraction of sp³-hybridized carbons (Fsp3) is 0.467. The molecule has 0 atom stereocenters. The van der Waals surface area contributed by atoms with E-state index in [0.717, 1.165) is 37.0 Å². The molecule has 0 radical (unpaired) electrons. The monoisotopic (exact) mass is 279 g/mol. The average molecular weight is 279 g/mol. The van der Waals surface area contributed by atoms with Crippen LogP contribution in [0.2, 0.25) is 0 Å². The lowest BCUT2D eigenvalue weighted by atomic mass is 9.88. The number of para-hydroxylation sites is 1. The van der Waals surface area contributed by atoms with E-state index in [1.165, 1.54) is 18.2 Å². The first-order valence-corrected chi connectivity index (χ1v) is 6.87. The molecule has 1 aromatic carbocycles. The minimum atomic E-state index is -1.14. The van der Waals surface area contributed by atoms with Crippen LogP contribution in [-0.4, -0.2) is 23.5 Å². The van der Waals surface area contributed by atoms with Gasteiger partial charge in [0.2, 0.25) is 5.91 Å². The summed E-state index contributed by atoms with van der Waals surface area (Å²) in [7, 11) is 0. The first-order valence-electron chi connectivity index (χ1n) is 6.87. The van der Waals surface area contributed by atoms with Crippen molar-refractivity contribution in [2.24, 2.45) is 5.92 Å². The summed E-state index contributed by atoms with van der Waals surface area (Å²) in [4.78, 5) is 24.5. The van der Waals surface area contributed by atoms with Crippen molar-refractivity contribution >= 4 is 17.6 Å². The van der Waals surface area contributed by atoms with E-state index >= 15 is 0 Å². The van der Waals surface area contributed by atoms with Crippen LogP contribution in [0.5, 0.6) is 0 Å². The normalized spacial score (nSPS) is 15.8. The van der Waals surface area contributed by atoms with Crippen LogP contribution >= 0.6 is 0 Å². The van der Waals surface area contributed by atoms with E-state index in [0.29, 0.717) is 0 Å². The Morgan fingerprint density at radius 3 is 2.45 bits per heavy atom. The number of nitrogens with zero attached hydrogens (tertiary/aromatic N) is 1. The van der Waals surface area contributed by atoms with E-state index in [1.54, 1.807) is 6.07 Å². The van der Waals surface area contributed by atoms with E-state index < -0.39 is 18.3 Å². The molecule has 0 bridgehead atoms. The van der Waals surface area contributed by atoms with E-state index in [1.807, 2.05) is 0 Å². The number of carboxylic acids is 1. The van der Waals surface area contributed by atoms with Gasteiger partial charge in [0.1, 0.15) is 12.4 Å². The second-order valence-corrected chi connectivity index (χ2v) is 5.10. The summed E-state index contributed by atoms with van der Waals surface area (Å²) in [6.45, 7) is -0.504. The highest BCUT2D eigenvalue weighted by Crippen LogP contribution is 2.28. The zero-order valence-corrected chi connectivity index (χ0v) is 11.2. The molecular formula is C15H18FNO3. The highest BCUT2D eigenvalue weighted by molar-refractivity contribution is 5.98. The fourth-order valence-corrected chi connectivity index (χ4v) is 2.66. The van der Waals surface area contributed by atoms with E-state index in [-0.39, 0.29) is 17.5 Å². The van der Waals surface area contributed by atoms with Gasteiger partial charge < -0.3 is 5.11 Å². The molecule has 5 heteroatoms. The van der Waals surface area contributed by atoms with Gasteiger partial charge in [0.15, 0.2) is 0 Å². The van der Waals surface area contributed by atoms with E-state index in [4.69, 9.17) is 5.11 Å². The van der Waals surface area contributed by atoms with Crippen LogP contribution in [0.15, 0.2) is 24.3 Å². The number of aliphatic carboxylic acids is 1. The molecule has 0 unspecified atom stereocenters. The molecule has 1 N–H and O–H groups in total. The summed E-state index contributed by atoms with van der Waals surface area (Å²) in [5, 5.41) is 8.97. The Balaban J connectivity index is 2.25. The molecule has 108 valence electrons. The van der Waals surface area contributed by atoms with Gasteiger partial charge >= 0.3 is 5.97 Å². The molecule has 4 nitrogen and oxygen atoms in total. The summed E-state index contributed by atoms with van der Waals surface area (Å²) < 4.78 is 13.8. The zero-order valence-electron chi connectivity index (χ0n) is 11.2. The quantitative estimate of drug-likeness (QED) is 0.922. The van der Waals surface area contributed by atoms with Gasteiger partial charge in [-0.1, -0.05) is 31.4 Å². The molecule has 1 aromatic rings. The molecule has 1 saturated carbocycles. The highest BCUT2D eigenvalue weighted by Gasteiger charge is 2.29. The first kappa shape index (κ1) is 14.5. The Bertz CT molecular complexity index is 498. The minimum absolute atomic E-state index is 0.0467. The molecule has 1 amide bonds. The lowest BCUT2D eigenvalue weighted by Crippen LogP contribution is -2.41. The van der Waals surface area contributed by atoms with Crippen LogP contribution < -0.4 is 4.90 Å². The number of rotatable bonds is 4. The summed E-state index contributed by atoms with van der Waals surface area (Å²) in [6.07, 6.45) is 4.54. The number of hydrogen-bond acceptors (Lipinski definition) is 2. The van der Waals surface area contributed by atoms with Crippen molar-refractivity contribution in [1.29, 1.82) is 0 Å². The Morgan fingerprint density at radius 1 is 1.20 bits per heavy atom. The van der Waals surface area contributed by atoms with Crippen LogP contribution in [0.3, 0.4) is 0 Å². The van der Waals surface area contributed by atoms with Gasteiger partial charge in [-0.2, -0.15) is 0 Å². The maximum atomic E-state index is 13.8. The van der Waals surface area contributed by atoms with Crippen molar-refractivity contribution < 1.29 is 19.1 Å². The van der Waals surface area contributed by atoms with Crippen molar-refractivity contribution in [3.8, 4) is 0 Å². The molecule has 1 aliphatic rings. The zero-order chi connectivity index (χ0) is 14.5. The number of carbonyl (C=O) groups excluding carboxylic acids is 1. The Morgan fingerprint density at radius 2 is 1.85 bits per heavy atom. The van der Waals surface area contributed by atoms with E-state index in [9.17, 15) is 14.0 Å². The largest absolute Gasteiger partial charge is 0.480 e. The molecular weight excluding hydrogens is 261 g/mol. The summed E-state index contributed by atoms with van der Waals surface area (Å²) >= 11 is 0. The predicted octanol–water partition coefficient (Wildman–Crippen LogP) is 2.82. The molecule has 0 saturated heterocycles. The third-order valence-electron chi connectivity index (χ3n) is 3.66. The first-order chi connectivity index (χ1) is 9.59. The summed E-state index contributed by atoms with van der Waals surface area (Å²) in [5.74, 6) is -2.18. The standard InChI is InChI=1S/C15H18FNO3/c16-12-8-4-5-9-13(12)17(10-14(18)19)15(20)11-6-2-1-3-7-11/h4-5,8-9,11H,1-3,6-7,10H2,(H,18,19). The third-order valence-corrected chi connectivity index (χ3v) is 3.66. The van der Waals surface area contributed by atoms with Gasteiger partial charge in [0.05, 0.1) is 5.69 Å². The van der Waals surface area contributed by atoms with Crippen molar-refractivity contribution in [2.45, 2.75) is 32.1 Å². The third kappa shape index (κ3) is 3.35. The van der Waals surface area contributed by atoms with Crippen molar-refractivity contribution in [1.82, 2.24) is 0 Å². The number of benzene rings is 1. The van der Waals surface area contributed by atoms with Crippen LogP contribution in [0.4, 0.5) is 10.1 Å². The SMILES string of the molecule is O=C(O)CN(C(=O)C1CCCCC1)c1ccccc1F. The van der Waals surface area contributed by atoms with Gasteiger partial charge in [-0.3, -0.25) is 14.5 Å². The number of hydrogen-bond donors (Lipinski definition) is 1. The van der Waals surface area contributed by atoms with Crippen LogP contribution in [0.25, 0.3) is 0 Å². The number of carbonyl (C=O) groups is 2. The van der Waals surface area contributed by atoms with Gasteiger partial charge in [-0.25, -0.2) is 4.39 Å². The smallest absolute Gasteiger partial charge is 0.323 e. The Kier molecular flexibility index (Phi) is 4.71. The predicted molar refractivity (Wildman–Crippen MR) is 73.0 cm³/mol. The van der Waals surface area contributed by atoms with Gasteiger partial charge in [-0.15, -0.1) is 0 Å². The van der Waals surface area contributed by atoms with Gasteiger partial charge in [0, 0.05) is 5.92 Å². The number of carboxylic acid groups (broad SMARTS) is 1. The maximum Gasteiger partial charge on any atom is 0.323 e. The lowest BCUT2D eigenvalue weighted by Gasteiger charge is -2.28. The van der Waals surface area contributed by atoms with Gasteiger partial charge in [0.25, 0.3) is 0 Å². The molecule has 1 fully saturated rings. The van der Waals surface area contributed by atoms with Crippen LogP contribution in [0, 0.1) is 11.7 Å². The number of anilines is 1. The molecule has 0 heterocycles. The van der Waals surface area contributed by atoms with Crippen molar-refractivity contribution in [3.05, 3.63) is 30.1 Å². The van der Waals surface area contributed by atoms with Crippen molar-refractivity contribution in [2.75, 3.05) is 11.4 Å². The molecule has 1 aliphatic carbocycles. The minimum Gasteiger partial charge on any atom is -0.480 e. The summed E-state index contributed by atoms with van der Waals surface area (Å²) in [6, 6.07) is 5.79. The molecule has 0 aliphatic heterocycles.